The monoisotopic (exact) mass is 284 g/mol. The van der Waals surface area contributed by atoms with Crippen molar-refractivity contribution in [2.75, 3.05) is 7.05 Å². The number of nitrogens with one attached hydrogen (secondary N) is 1. The van der Waals surface area contributed by atoms with Gasteiger partial charge in [0.15, 0.2) is 0 Å². The maximum absolute atomic E-state index is 11.9. The van der Waals surface area contributed by atoms with Crippen molar-refractivity contribution in [3.8, 4) is 0 Å². The van der Waals surface area contributed by atoms with Crippen LogP contribution in [0.25, 0.3) is 0 Å². The van der Waals surface area contributed by atoms with Gasteiger partial charge in [-0.15, -0.1) is 0 Å². The molecule has 0 fully saturated rings. The summed E-state index contributed by atoms with van der Waals surface area (Å²) in [6.07, 6.45) is 0. The zero-order valence-electron chi connectivity index (χ0n) is 11.1. The van der Waals surface area contributed by atoms with Crippen molar-refractivity contribution in [1.29, 1.82) is 0 Å². The molecule has 2 N–H and O–H groups in total. The molecule has 0 aliphatic rings. The van der Waals surface area contributed by atoms with Gasteiger partial charge < -0.3 is 15.3 Å². The molecule has 0 bridgehead atoms. The molecule has 0 heterocycles. The highest BCUT2D eigenvalue weighted by Gasteiger charge is 2.35. The molecule has 2 amide bonds. The highest BCUT2D eigenvalue weighted by molar-refractivity contribution is 6.30. The van der Waals surface area contributed by atoms with Crippen LogP contribution >= 0.6 is 11.6 Å². The first kappa shape index (κ1) is 15.3. The number of benzene rings is 1. The number of urea groups is 1. The number of hydrogen-bond acceptors (Lipinski definition) is 2. The number of carbonyl (C=O) groups is 2. The number of nitrogens with zero attached hydrogens (tertiary/aromatic N) is 1. The summed E-state index contributed by atoms with van der Waals surface area (Å²) >= 11 is 5.76. The van der Waals surface area contributed by atoms with E-state index in [0.29, 0.717) is 11.6 Å². The number of carboxylic acids is 1. The topological polar surface area (TPSA) is 69.6 Å². The standard InChI is InChI=1S/C13H17ClN2O3/c1-13(2,11(17)18)16(3)12(19)15-8-9-4-6-10(14)7-5-9/h4-7H,8H2,1-3H3,(H,15,19)(H,17,18). The van der Waals surface area contributed by atoms with Gasteiger partial charge >= 0.3 is 12.0 Å². The fraction of sp³-hybridized carbons (Fsp3) is 0.385. The lowest BCUT2D eigenvalue weighted by Gasteiger charge is -2.31. The number of hydrogen-bond donors (Lipinski definition) is 2. The highest BCUT2D eigenvalue weighted by Crippen LogP contribution is 2.13. The van der Waals surface area contributed by atoms with Crippen LogP contribution in [0.3, 0.4) is 0 Å². The zero-order valence-corrected chi connectivity index (χ0v) is 11.9. The predicted octanol–water partition coefficient (Wildman–Crippen LogP) is 2.34. The Morgan fingerprint density at radius 3 is 2.32 bits per heavy atom. The molecule has 0 unspecified atom stereocenters. The first-order valence-electron chi connectivity index (χ1n) is 5.74. The molecule has 0 spiro atoms. The maximum Gasteiger partial charge on any atom is 0.329 e. The number of aliphatic carboxylic acids is 1. The summed E-state index contributed by atoms with van der Waals surface area (Å²) in [5, 5.41) is 12.3. The normalized spacial score (nSPS) is 10.9. The van der Waals surface area contributed by atoms with Crippen LogP contribution in [-0.2, 0) is 11.3 Å². The van der Waals surface area contributed by atoms with Crippen LogP contribution in [-0.4, -0.2) is 34.6 Å². The molecule has 104 valence electrons. The van der Waals surface area contributed by atoms with Gasteiger partial charge in [0.1, 0.15) is 5.54 Å². The van der Waals surface area contributed by atoms with Gasteiger partial charge in [-0.2, -0.15) is 0 Å². The van der Waals surface area contributed by atoms with Gasteiger partial charge in [-0.05, 0) is 31.5 Å². The number of rotatable bonds is 4. The third kappa shape index (κ3) is 3.86. The molecular weight excluding hydrogens is 268 g/mol. The first-order valence-corrected chi connectivity index (χ1v) is 6.12. The van der Waals surface area contributed by atoms with Crippen LogP contribution in [0.1, 0.15) is 19.4 Å². The summed E-state index contributed by atoms with van der Waals surface area (Å²) in [5.41, 5.74) is -0.372. The third-order valence-corrected chi connectivity index (χ3v) is 3.28. The van der Waals surface area contributed by atoms with E-state index in [1.54, 1.807) is 24.3 Å². The molecule has 0 radical (unpaired) electrons. The van der Waals surface area contributed by atoms with Crippen molar-refractivity contribution < 1.29 is 14.7 Å². The fourth-order valence-corrected chi connectivity index (χ4v) is 1.42. The lowest BCUT2D eigenvalue weighted by Crippen LogP contribution is -2.53. The Labute approximate surface area is 117 Å². The zero-order chi connectivity index (χ0) is 14.6. The summed E-state index contributed by atoms with van der Waals surface area (Å²) < 4.78 is 0. The van der Waals surface area contributed by atoms with Gasteiger partial charge in [-0.3, -0.25) is 0 Å². The second kappa shape index (κ2) is 5.93. The van der Waals surface area contributed by atoms with E-state index in [1.165, 1.54) is 20.9 Å². The van der Waals surface area contributed by atoms with E-state index in [-0.39, 0.29) is 0 Å². The Kier molecular flexibility index (Phi) is 4.78. The third-order valence-electron chi connectivity index (χ3n) is 3.02. The van der Waals surface area contributed by atoms with Crippen LogP contribution < -0.4 is 5.32 Å². The molecule has 0 aliphatic heterocycles. The highest BCUT2D eigenvalue weighted by atomic mass is 35.5. The van der Waals surface area contributed by atoms with Crippen molar-refractivity contribution in [2.24, 2.45) is 0 Å². The van der Waals surface area contributed by atoms with E-state index < -0.39 is 17.5 Å². The summed E-state index contributed by atoms with van der Waals surface area (Å²) in [5.74, 6) is -1.06. The molecule has 5 nitrogen and oxygen atoms in total. The number of carbonyl (C=O) groups excluding carboxylic acids is 1. The lowest BCUT2D eigenvalue weighted by molar-refractivity contribution is -0.146. The average Bonchev–Trinajstić information content (AvgIpc) is 2.36. The van der Waals surface area contributed by atoms with Crippen molar-refractivity contribution in [3.05, 3.63) is 34.9 Å². The van der Waals surface area contributed by atoms with E-state index in [9.17, 15) is 9.59 Å². The Hall–Kier alpha value is -1.75. The van der Waals surface area contributed by atoms with Gasteiger partial charge in [-0.25, -0.2) is 9.59 Å². The minimum absolute atomic E-state index is 0.316. The van der Waals surface area contributed by atoms with Gasteiger partial charge in [0.25, 0.3) is 0 Å². The molecule has 19 heavy (non-hydrogen) atoms. The molecule has 0 saturated carbocycles. The van der Waals surface area contributed by atoms with Crippen molar-refractivity contribution in [3.63, 3.8) is 0 Å². The minimum Gasteiger partial charge on any atom is -0.480 e. The van der Waals surface area contributed by atoms with Crippen LogP contribution in [0.15, 0.2) is 24.3 Å². The quantitative estimate of drug-likeness (QED) is 0.892. The molecule has 1 aromatic carbocycles. The number of amides is 2. The molecule has 1 aromatic rings. The first-order chi connectivity index (χ1) is 8.75. The molecular formula is C13H17ClN2O3. The number of halogens is 1. The largest absolute Gasteiger partial charge is 0.480 e. The fourth-order valence-electron chi connectivity index (χ4n) is 1.30. The van der Waals surface area contributed by atoms with Crippen molar-refractivity contribution in [1.82, 2.24) is 10.2 Å². The van der Waals surface area contributed by atoms with Crippen LogP contribution in [0.5, 0.6) is 0 Å². The maximum atomic E-state index is 11.9. The Bertz CT molecular complexity index is 471. The molecule has 1 rings (SSSR count). The van der Waals surface area contributed by atoms with Crippen molar-refractivity contribution >= 4 is 23.6 Å². The molecule has 0 aromatic heterocycles. The molecule has 0 atom stereocenters. The van der Waals surface area contributed by atoms with Gasteiger partial charge in [0.05, 0.1) is 0 Å². The van der Waals surface area contributed by atoms with E-state index in [0.717, 1.165) is 10.5 Å². The number of carboxylic acid groups (broad SMARTS) is 1. The SMILES string of the molecule is CN(C(=O)NCc1ccc(Cl)cc1)C(C)(C)C(=O)O. The van der Waals surface area contributed by atoms with Gasteiger partial charge in [-0.1, -0.05) is 23.7 Å². The minimum atomic E-state index is -1.26. The summed E-state index contributed by atoms with van der Waals surface area (Å²) in [6, 6.07) is 6.61. The van der Waals surface area contributed by atoms with E-state index in [2.05, 4.69) is 5.32 Å². The van der Waals surface area contributed by atoms with E-state index >= 15 is 0 Å². The Balaban J connectivity index is 2.61. The average molecular weight is 285 g/mol. The Morgan fingerprint density at radius 1 is 1.32 bits per heavy atom. The molecule has 0 saturated heterocycles. The van der Waals surface area contributed by atoms with E-state index in [4.69, 9.17) is 16.7 Å². The van der Waals surface area contributed by atoms with Gasteiger partial charge in [0.2, 0.25) is 0 Å². The van der Waals surface area contributed by atoms with Crippen LogP contribution in [0.4, 0.5) is 4.79 Å². The van der Waals surface area contributed by atoms with Crippen LogP contribution in [0.2, 0.25) is 5.02 Å². The van der Waals surface area contributed by atoms with Crippen LogP contribution in [0, 0.1) is 0 Å². The summed E-state index contributed by atoms with van der Waals surface area (Å²) in [6.45, 7) is 3.25. The second-order valence-electron chi connectivity index (χ2n) is 4.71. The molecule has 6 heteroatoms. The summed E-state index contributed by atoms with van der Waals surface area (Å²) in [7, 11) is 1.45. The van der Waals surface area contributed by atoms with Crippen molar-refractivity contribution in [2.45, 2.75) is 25.9 Å². The smallest absolute Gasteiger partial charge is 0.329 e. The second-order valence-corrected chi connectivity index (χ2v) is 5.14. The predicted molar refractivity (Wildman–Crippen MR) is 73.2 cm³/mol. The Morgan fingerprint density at radius 2 is 1.84 bits per heavy atom. The lowest BCUT2D eigenvalue weighted by atomic mass is 10.1. The van der Waals surface area contributed by atoms with Gasteiger partial charge in [0, 0.05) is 18.6 Å². The van der Waals surface area contributed by atoms with E-state index in [1.807, 2.05) is 0 Å². The summed E-state index contributed by atoms with van der Waals surface area (Å²) in [4.78, 5) is 24.1. The molecule has 0 aliphatic carbocycles. The number of likely N-dealkylation sites (N-methyl/N-ethyl adjacent to an activating group) is 1.